The molecule has 8 N–H and O–H groups in total. The first-order chi connectivity index (χ1) is 31.7. The van der Waals surface area contributed by atoms with E-state index in [1.165, 1.54) is 17.0 Å². The van der Waals surface area contributed by atoms with Gasteiger partial charge in [-0.3, -0.25) is 24.0 Å². The van der Waals surface area contributed by atoms with Crippen molar-refractivity contribution >= 4 is 47.7 Å². The lowest BCUT2D eigenvalue weighted by molar-refractivity contribution is -0.144. The van der Waals surface area contributed by atoms with E-state index in [0.717, 1.165) is 0 Å². The van der Waals surface area contributed by atoms with Crippen LogP contribution < -0.4 is 31.9 Å². The first-order valence-corrected chi connectivity index (χ1v) is 23.3. The molecular weight excluding hydrogens is 879 g/mol. The highest BCUT2D eigenvalue weighted by molar-refractivity contribution is 5.97. The molecule has 0 aliphatic carbocycles. The zero-order valence-electron chi connectivity index (χ0n) is 41.1. The molecule has 0 unspecified atom stereocenters. The molecule has 0 bridgehead atoms. The molecule has 2 aromatic carbocycles. The Morgan fingerprint density at radius 2 is 1.22 bits per heavy atom. The minimum atomic E-state index is -1.26. The van der Waals surface area contributed by atoms with Crippen LogP contribution in [-0.2, 0) is 51.1 Å². The summed E-state index contributed by atoms with van der Waals surface area (Å²) in [5, 5.41) is 35.8. The van der Waals surface area contributed by atoms with Crippen LogP contribution in [0.2, 0.25) is 0 Å². The molecule has 376 valence electrons. The molecule has 68 heavy (non-hydrogen) atoms. The fraction of sp³-hybridized carbons (Fsp3) is 0.592. The molecule has 1 saturated heterocycles. The lowest BCUT2D eigenvalue weighted by Gasteiger charge is -2.31. The lowest BCUT2D eigenvalue weighted by Crippen LogP contribution is -2.60. The summed E-state index contributed by atoms with van der Waals surface area (Å²) >= 11 is 0. The van der Waals surface area contributed by atoms with E-state index in [1.54, 1.807) is 97.9 Å². The number of likely N-dealkylation sites (tertiary alicyclic amines) is 1. The van der Waals surface area contributed by atoms with Gasteiger partial charge in [-0.25, -0.2) is 14.4 Å². The molecule has 0 spiro atoms. The number of phenolic OH excluding ortho intramolecular Hbond substituents is 1. The van der Waals surface area contributed by atoms with Crippen LogP contribution in [0.1, 0.15) is 112 Å². The number of alkyl carbamates (subject to hydrolysis) is 2. The quantitative estimate of drug-likeness (QED) is 0.0776. The number of ether oxygens (including phenoxy) is 2. The van der Waals surface area contributed by atoms with Gasteiger partial charge in [0.05, 0.1) is 0 Å². The van der Waals surface area contributed by atoms with Crippen LogP contribution in [0.25, 0.3) is 0 Å². The molecule has 0 aromatic heterocycles. The van der Waals surface area contributed by atoms with Crippen LogP contribution in [0.4, 0.5) is 9.59 Å². The molecule has 1 heterocycles. The van der Waals surface area contributed by atoms with Crippen LogP contribution in [0.15, 0.2) is 54.6 Å². The summed E-state index contributed by atoms with van der Waals surface area (Å²) in [6.07, 6.45) is -0.497. The van der Waals surface area contributed by atoms with E-state index in [4.69, 9.17) is 9.47 Å². The predicted molar refractivity (Wildman–Crippen MR) is 253 cm³/mol. The van der Waals surface area contributed by atoms with Gasteiger partial charge in [0.25, 0.3) is 0 Å². The monoisotopic (exact) mass is 952 g/mol. The van der Waals surface area contributed by atoms with E-state index in [2.05, 4.69) is 31.9 Å². The Labute approximate surface area is 399 Å². The van der Waals surface area contributed by atoms with Gasteiger partial charge >= 0.3 is 18.2 Å². The summed E-state index contributed by atoms with van der Waals surface area (Å²) < 4.78 is 10.7. The first kappa shape index (κ1) is 55.9. The Balaban J connectivity index is 1.89. The summed E-state index contributed by atoms with van der Waals surface area (Å²) in [4.78, 5) is 110. The van der Waals surface area contributed by atoms with Crippen LogP contribution in [0.5, 0.6) is 5.75 Å². The Kier molecular flexibility index (Phi) is 21.1. The Morgan fingerprint density at radius 1 is 0.676 bits per heavy atom. The number of nitrogens with one attached hydrogen (secondary N) is 6. The highest BCUT2D eigenvalue weighted by Gasteiger charge is 2.40. The van der Waals surface area contributed by atoms with Gasteiger partial charge in [-0.1, -0.05) is 70.2 Å². The van der Waals surface area contributed by atoms with E-state index in [1.807, 2.05) is 13.8 Å². The van der Waals surface area contributed by atoms with Crippen molar-refractivity contribution in [2.75, 3.05) is 13.1 Å². The summed E-state index contributed by atoms with van der Waals surface area (Å²) in [5.41, 5.74) is -0.354. The van der Waals surface area contributed by atoms with Gasteiger partial charge in [-0.2, -0.15) is 0 Å². The van der Waals surface area contributed by atoms with Gasteiger partial charge in [0.2, 0.25) is 29.5 Å². The maximum absolute atomic E-state index is 14.7. The van der Waals surface area contributed by atoms with E-state index in [9.17, 15) is 48.6 Å². The minimum Gasteiger partial charge on any atom is -0.508 e. The number of phenols is 1. The number of carbonyl (C=O) groups is 8. The third-order valence-electron chi connectivity index (χ3n) is 10.7. The number of hydrogen-bond donors (Lipinski definition) is 8. The van der Waals surface area contributed by atoms with E-state index in [-0.39, 0.29) is 63.3 Å². The fourth-order valence-electron chi connectivity index (χ4n) is 7.44. The first-order valence-electron chi connectivity index (χ1n) is 23.3. The summed E-state index contributed by atoms with van der Waals surface area (Å²) in [6.45, 7) is 17.4. The number of carboxylic acids is 1. The van der Waals surface area contributed by atoms with Crippen molar-refractivity contribution in [1.29, 1.82) is 0 Å². The van der Waals surface area contributed by atoms with Gasteiger partial charge < -0.3 is 56.5 Å². The standard InChI is InChI=1S/C49H73N7O12/c1-29(2)26-35(51-40(58)34(54-47(66)68-49(8,9)10)18-14-24-50-46(65)67-48(5,6)7)41(59)53-37(28-31-16-12-11-13-17-31)44(62)56-25-15-19-38(56)43(61)52-36(27-32-20-22-33(57)23-21-32)42(60)55-39(30(3)4)45(63)64/h11-13,16-17,20-23,29-30,34-39,57H,14-15,18-19,24-28H2,1-10H3,(H,50,65)(H,51,58)(H,52,61)(H,53,59)(H,54,66)(H,55,60)(H,63,64)/t34-,35-,36+,37+,38-,39-/m0/s1. The zero-order chi connectivity index (χ0) is 50.9. The maximum Gasteiger partial charge on any atom is 0.408 e. The van der Waals surface area contributed by atoms with Crippen molar-refractivity contribution in [2.45, 2.75) is 162 Å². The van der Waals surface area contributed by atoms with Crippen molar-refractivity contribution in [3.63, 3.8) is 0 Å². The minimum absolute atomic E-state index is 0.0133. The summed E-state index contributed by atoms with van der Waals surface area (Å²) in [5.74, 6) is -5.26. The molecule has 1 aliphatic rings. The average molecular weight is 952 g/mol. The molecule has 6 atom stereocenters. The van der Waals surface area contributed by atoms with Gasteiger partial charge in [0, 0.05) is 25.9 Å². The Bertz CT molecular complexity index is 2030. The third-order valence-corrected chi connectivity index (χ3v) is 10.7. The van der Waals surface area contributed by atoms with Crippen LogP contribution in [0, 0.1) is 11.8 Å². The zero-order valence-corrected chi connectivity index (χ0v) is 41.1. The molecular formula is C49H73N7O12. The Morgan fingerprint density at radius 3 is 1.79 bits per heavy atom. The SMILES string of the molecule is CC(C)C[C@H](NC(=O)[C@H](CCCNC(=O)OC(C)(C)C)NC(=O)OC(C)(C)C)C(=O)N[C@H](Cc1ccccc1)C(=O)N1CCC[C@H]1C(=O)N[C@H](Cc1ccc(O)cc1)C(=O)N[C@H](C(=O)O)C(C)C. The lowest BCUT2D eigenvalue weighted by atomic mass is 9.99. The number of rotatable bonds is 22. The number of aliphatic carboxylic acids is 1. The normalized spacial score (nSPS) is 16.1. The van der Waals surface area contributed by atoms with Gasteiger partial charge in [-0.15, -0.1) is 0 Å². The second kappa shape index (κ2) is 25.7. The van der Waals surface area contributed by atoms with Gasteiger partial charge in [-0.05, 0) is 109 Å². The highest BCUT2D eigenvalue weighted by atomic mass is 16.6. The average Bonchev–Trinajstić information content (AvgIpc) is 3.72. The Hall–Kier alpha value is -6.40. The van der Waals surface area contributed by atoms with Crippen molar-refractivity contribution < 1.29 is 58.0 Å². The highest BCUT2D eigenvalue weighted by Crippen LogP contribution is 2.22. The third kappa shape index (κ3) is 19.4. The molecule has 7 amide bonds. The number of nitrogens with zero attached hydrogens (tertiary/aromatic N) is 1. The van der Waals surface area contributed by atoms with Crippen molar-refractivity contribution in [2.24, 2.45) is 11.8 Å². The van der Waals surface area contributed by atoms with Gasteiger partial charge in [0.1, 0.15) is 53.2 Å². The van der Waals surface area contributed by atoms with Gasteiger partial charge in [0.15, 0.2) is 0 Å². The van der Waals surface area contributed by atoms with E-state index < -0.39 is 101 Å². The molecule has 0 saturated carbocycles. The number of carboxylic acid groups (broad SMARTS) is 1. The summed E-state index contributed by atoms with van der Waals surface area (Å²) in [7, 11) is 0. The summed E-state index contributed by atoms with van der Waals surface area (Å²) in [6, 6.07) is 7.72. The van der Waals surface area contributed by atoms with E-state index >= 15 is 0 Å². The smallest absolute Gasteiger partial charge is 0.408 e. The van der Waals surface area contributed by atoms with Crippen molar-refractivity contribution in [1.82, 2.24) is 36.8 Å². The van der Waals surface area contributed by atoms with Crippen molar-refractivity contribution in [3.05, 3.63) is 65.7 Å². The second-order valence-electron chi connectivity index (χ2n) is 19.9. The molecule has 19 nitrogen and oxygen atoms in total. The number of hydrogen-bond acceptors (Lipinski definition) is 11. The number of amides is 7. The van der Waals surface area contributed by atoms with Crippen molar-refractivity contribution in [3.8, 4) is 5.75 Å². The van der Waals surface area contributed by atoms with Crippen LogP contribution >= 0.6 is 0 Å². The molecule has 3 rings (SSSR count). The van der Waals surface area contributed by atoms with Crippen LogP contribution in [0.3, 0.4) is 0 Å². The maximum atomic E-state index is 14.7. The number of aromatic hydroxyl groups is 1. The molecule has 2 aromatic rings. The number of benzene rings is 2. The second-order valence-corrected chi connectivity index (χ2v) is 19.9. The molecule has 0 radical (unpaired) electrons. The topological polar surface area (TPSA) is 271 Å². The van der Waals surface area contributed by atoms with E-state index in [0.29, 0.717) is 17.5 Å². The molecule has 19 heteroatoms. The largest absolute Gasteiger partial charge is 0.508 e. The van der Waals surface area contributed by atoms with Crippen LogP contribution in [-0.4, -0.2) is 123 Å². The number of carbonyl (C=O) groups excluding carboxylic acids is 7. The molecule has 1 fully saturated rings. The fourth-order valence-corrected chi connectivity index (χ4v) is 7.44. The molecule has 1 aliphatic heterocycles. The predicted octanol–water partition coefficient (Wildman–Crippen LogP) is 4.09.